The number of halogens is 1. The molecule has 1 aromatic rings. The van der Waals surface area contributed by atoms with Gasteiger partial charge in [-0.15, -0.1) is 0 Å². The van der Waals surface area contributed by atoms with Crippen LogP contribution in [0.3, 0.4) is 0 Å². The summed E-state index contributed by atoms with van der Waals surface area (Å²) in [5.74, 6) is 0. The zero-order valence-electron chi connectivity index (χ0n) is 7.94. The Labute approximate surface area is 88.3 Å². The zero-order chi connectivity index (χ0) is 10.6. The molecule has 78 valence electrons. The predicted octanol–water partition coefficient (Wildman–Crippen LogP) is 1.30. The Morgan fingerprint density at radius 2 is 2.14 bits per heavy atom. The van der Waals surface area contributed by atoms with Gasteiger partial charge in [0.05, 0.1) is 6.10 Å². The maximum absolute atomic E-state index is 9.66. The Kier molecular flexibility index (Phi) is 4.35. The van der Waals surface area contributed by atoms with Crippen LogP contribution >= 0.6 is 11.6 Å². The number of hydrogen-bond donors (Lipinski definition) is 3. The van der Waals surface area contributed by atoms with Crippen molar-refractivity contribution in [1.29, 1.82) is 0 Å². The van der Waals surface area contributed by atoms with Crippen LogP contribution in [0.15, 0.2) is 24.3 Å². The van der Waals surface area contributed by atoms with Crippen LogP contribution in [-0.2, 0) is 0 Å². The quantitative estimate of drug-likeness (QED) is 0.664. The summed E-state index contributed by atoms with van der Waals surface area (Å²) < 4.78 is 0. The van der Waals surface area contributed by atoms with Crippen LogP contribution in [0.1, 0.15) is 18.6 Å². The average Bonchev–Trinajstić information content (AvgIpc) is 2.14. The second-order valence-electron chi connectivity index (χ2n) is 3.16. The predicted molar refractivity (Wildman–Crippen MR) is 56.1 cm³/mol. The van der Waals surface area contributed by atoms with Gasteiger partial charge in [-0.3, -0.25) is 5.32 Å². The molecule has 0 fully saturated rings. The van der Waals surface area contributed by atoms with Crippen LogP contribution in [0.5, 0.6) is 0 Å². The van der Waals surface area contributed by atoms with Gasteiger partial charge < -0.3 is 10.2 Å². The summed E-state index contributed by atoms with van der Waals surface area (Å²) in [5, 5.41) is 21.9. The fourth-order valence-corrected chi connectivity index (χ4v) is 1.31. The fourth-order valence-electron chi connectivity index (χ4n) is 1.11. The highest BCUT2D eigenvalue weighted by Gasteiger charge is 2.07. The minimum absolute atomic E-state index is 0.304. The minimum Gasteiger partial charge on any atom is -0.387 e. The van der Waals surface area contributed by atoms with Crippen LogP contribution in [-0.4, -0.2) is 23.0 Å². The molecule has 1 rings (SSSR count). The highest BCUT2D eigenvalue weighted by Crippen LogP contribution is 2.16. The van der Waals surface area contributed by atoms with Crippen molar-refractivity contribution in [3.05, 3.63) is 34.9 Å². The Balaban J connectivity index is 2.56. The fraction of sp³-hybridized carbons (Fsp3) is 0.400. The molecule has 0 aliphatic rings. The summed E-state index contributed by atoms with van der Waals surface area (Å²) in [4.78, 5) is 0. The molecule has 0 aliphatic carbocycles. The van der Waals surface area contributed by atoms with E-state index in [2.05, 4.69) is 5.32 Å². The first-order valence-electron chi connectivity index (χ1n) is 4.44. The highest BCUT2D eigenvalue weighted by molar-refractivity contribution is 6.30. The molecule has 2 atom stereocenters. The van der Waals surface area contributed by atoms with Crippen LogP contribution < -0.4 is 5.32 Å². The lowest BCUT2D eigenvalue weighted by atomic mass is 10.1. The lowest BCUT2D eigenvalue weighted by Crippen LogP contribution is -2.29. The Bertz CT molecular complexity index is 291. The Morgan fingerprint density at radius 3 is 2.71 bits per heavy atom. The van der Waals surface area contributed by atoms with Crippen LogP contribution in [0.25, 0.3) is 0 Å². The molecule has 0 aromatic heterocycles. The third-order valence-corrected chi connectivity index (χ3v) is 2.08. The maximum atomic E-state index is 9.66. The molecule has 3 nitrogen and oxygen atoms in total. The summed E-state index contributed by atoms with van der Waals surface area (Å²) >= 11 is 5.77. The lowest BCUT2D eigenvalue weighted by molar-refractivity contribution is 0.114. The van der Waals surface area contributed by atoms with E-state index in [9.17, 15) is 5.11 Å². The summed E-state index contributed by atoms with van der Waals surface area (Å²) in [7, 11) is 0. The van der Waals surface area contributed by atoms with Crippen molar-refractivity contribution in [2.75, 3.05) is 6.54 Å². The van der Waals surface area contributed by atoms with Crippen molar-refractivity contribution < 1.29 is 10.2 Å². The first-order valence-corrected chi connectivity index (χ1v) is 4.82. The third-order valence-electron chi connectivity index (χ3n) is 1.84. The molecular weight excluding hydrogens is 202 g/mol. The normalized spacial score (nSPS) is 15.1. The van der Waals surface area contributed by atoms with Crippen molar-refractivity contribution in [2.45, 2.75) is 19.3 Å². The molecule has 1 aromatic carbocycles. The molecule has 14 heavy (non-hydrogen) atoms. The van der Waals surface area contributed by atoms with E-state index in [1.165, 1.54) is 0 Å². The van der Waals surface area contributed by atoms with Gasteiger partial charge in [-0.05, 0) is 24.6 Å². The van der Waals surface area contributed by atoms with Gasteiger partial charge in [0.1, 0.15) is 6.23 Å². The van der Waals surface area contributed by atoms with Gasteiger partial charge in [0, 0.05) is 11.6 Å². The largest absolute Gasteiger partial charge is 0.387 e. The summed E-state index contributed by atoms with van der Waals surface area (Å²) in [6, 6.07) is 7.03. The molecular formula is C10H14ClNO2. The van der Waals surface area contributed by atoms with Crippen molar-refractivity contribution >= 4 is 11.6 Å². The summed E-state index contributed by atoms with van der Waals surface area (Å²) in [6.07, 6.45) is -1.27. The highest BCUT2D eigenvalue weighted by atomic mass is 35.5. The Hall–Kier alpha value is -0.610. The van der Waals surface area contributed by atoms with Gasteiger partial charge in [-0.1, -0.05) is 23.7 Å². The number of hydrogen-bond acceptors (Lipinski definition) is 3. The van der Waals surface area contributed by atoms with E-state index >= 15 is 0 Å². The van der Waals surface area contributed by atoms with Gasteiger partial charge in [-0.2, -0.15) is 0 Å². The van der Waals surface area contributed by atoms with Crippen molar-refractivity contribution in [3.63, 3.8) is 0 Å². The first-order chi connectivity index (χ1) is 6.59. The first kappa shape index (κ1) is 11.5. The van der Waals surface area contributed by atoms with E-state index in [0.29, 0.717) is 11.6 Å². The SMILES string of the molecule is CC(O)NCC(O)c1cccc(Cl)c1. The van der Waals surface area contributed by atoms with Gasteiger partial charge in [0.2, 0.25) is 0 Å². The van der Waals surface area contributed by atoms with Crippen molar-refractivity contribution in [2.24, 2.45) is 0 Å². The van der Waals surface area contributed by atoms with E-state index in [-0.39, 0.29) is 0 Å². The maximum Gasteiger partial charge on any atom is 0.102 e. The van der Waals surface area contributed by atoms with Crippen LogP contribution in [0.4, 0.5) is 0 Å². The second-order valence-corrected chi connectivity index (χ2v) is 3.59. The van der Waals surface area contributed by atoms with Gasteiger partial charge in [-0.25, -0.2) is 0 Å². The monoisotopic (exact) mass is 215 g/mol. The number of aliphatic hydroxyl groups excluding tert-OH is 2. The Morgan fingerprint density at radius 1 is 1.43 bits per heavy atom. The van der Waals surface area contributed by atoms with E-state index in [1.54, 1.807) is 31.2 Å². The second kappa shape index (κ2) is 5.32. The van der Waals surface area contributed by atoms with Crippen LogP contribution in [0.2, 0.25) is 5.02 Å². The van der Waals surface area contributed by atoms with E-state index in [1.807, 2.05) is 0 Å². The topological polar surface area (TPSA) is 52.5 Å². The minimum atomic E-state index is -0.650. The molecule has 0 bridgehead atoms. The average molecular weight is 216 g/mol. The molecule has 0 spiro atoms. The molecule has 0 aliphatic heterocycles. The van der Waals surface area contributed by atoms with Gasteiger partial charge in [0.25, 0.3) is 0 Å². The lowest BCUT2D eigenvalue weighted by Gasteiger charge is -2.13. The number of nitrogens with one attached hydrogen (secondary N) is 1. The molecule has 0 radical (unpaired) electrons. The molecule has 0 saturated heterocycles. The number of aliphatic hydroxyl groups is 2. The van der Waals surface area contributed by atoms with Crippen molar-refractivity contribution in [1.82, 2.24) is 5.32 Å². The van der Waals surface area contributed by atoms with E-state index < -0.39 is 12.3 Å². The van der Waals surface area contributed by atoms with E-state index in [4.69, 9.17) is 16.7 Å². The summed E-state index contributed by atoms with van der Waals surface area (Å²) in [5.41, 5.74) is 0.741. The van der Waals surface area contributed by atoms with Crippen LogP contribution in [0, 0.1) is 0 Å². The van der Waals surface area contributed by atoms with Gasteiger partial charge in [0.15, 0.2) is 0 Å². The zero-order valence-corrected chi connectivity index (χ0v) is 8.70. The summed E-state index contributed by atoms with van der Waals surface area (Å²) in [6.45, 7) is 1.91. The standard InChI is InChI=1S/C10H14ClNO2/c1-7(13)12-6-10(14)8-3-2-4-9(11)5-8/h2-5,7,10,12-14H,6H2,1H3. The number of benzene rings is 1. The molecule has 0 heterocycles. The smallest absolute Gasteiger partial charge is 0.102 e. The molecule has 4 heteroatoms. The number of rotatable bonds is 4. The molecule has 2 unspecified atom stereocenters. The molecule has 0 amide bonds. The third kappa shape index (κ3) is 3.64. The van der Waals surface area contributed by atoms with Gasteiger partial charge >= 0.3 is 0 Å². The van der Waals surface area contributed by atoms with Crippen molar-refractivity contribution in [3.8, 4) is 0 Å². The molecule has 3 N–H and O–H groups in total. The van der Waals surface area contributed by atoms with E-state index in [0.717, 1.165) is 5.56 Å². The molecule has 0 saturated carbocycles.